The largest absolute Gasteiger partial charge is 0.508 e. The van der Waals surface area contributed by atoms with Gasteiger partial charge in [0.15, 0.2) is 0 Å². The van der Waals surface area contributed by atoms with E-state index in [1.807, 2.05) is 24.3 Å². The number of phenolic OH excluding ortho intramolecular Hbond substituents is 1. The van der Waals surface area contributed by atoms with Crippen molar-refractivity contribution in [1.82, 2.24) is 5.32 Å². The fourth-order valence-corrected chi connectivity index (χ4v) is 1.79. The lowest BCUT2D eigenvalue weighted by molar-refractivity contribution is 0.257. The number of rotatable bonds is 1. The number of fused-ring (bicyclic) bond motifs is 1. The molecule has 0 saturated carbocycles. The quantitative estimate of drug-likeness (QED) is 0.731. The van der Waals surface area contributed by atoms with Crippen LogP contribution in [0.2, 0.25) is 0 Å². The summed E-state index contributed by atoms with van der Waals surface area (Å²) in [4.78, 5) is 0. The fraction of sp³-hybridized carbons (Fsp3) is 0.200. The number of hydrogen-bond donors (Lipinski definition) is 3. The molecule has 0 unspecified atom stereocenters. The van der Waals surface area contributed by atoms with E-state index < -0.39 is 0 Å². The highest BCUT2D eigenvalue weighted by molar-refractivity contribution is 5.34. The molecule has 4 nitrogen and oxygen atoms in total. The first-order valence-corrected chi connectivity index (χ1v) is 6.19. The van der Waals surface area contributed by atoms with Crippen molar-refractivity contribution in [3.05, 3.63) is 59.7 Å². The van der Waals surface area contributed by atoms with Gasteiger partial charge in [-0.15, -0.1) is 0 Å². The van der Waals surface area contributed by atoms with Crippen molar-refractivity contribution in [3.63, 3.8) is 0 Å². The average Bonchev–Trinajstić information content (AvgIpc) is 2.49. The fourth-order valence-electron chi connectivity index (χ4n) is 1.79. The monoisotopic (exact) mass is 258 g/mol. The highest BCUT2D eigenvalue weighted by atomic mass is 16.5. The first-order valence-electron chi connectivity index (χ1n) is 6.19. The van der Waals surface area contributed by atoms with Crippen LogP contribution in [0.4, 0.5) is 0 Å². The van der Waals surface area contributed by atoms with Crippen molar-refractivity contribution in [2.45, 2.75) is 13.1 Å². The Hall–Kier alpha value is -2.04. The summed E-state index contributed by atoms with van der Waals surface area (Å²) in [6, 6.07) is 15.1. The molecule has 1 aliphatic heterocycles. The van der Waals surface area contributed by atoms with Gasteiger partial charge in [0.05, 0.1) is 0 Å². The lowest BCUT2D eigenvalue weighted by Crippen LogP contribution is -2.24. The number of benzene rings is 2. The second-order valence-electron chi connectivity index (χ2n) is 4.16. The van der Waals surface area contributed by atoms with Crippen LogP contribution in [-0.2, 0) is 13.1 Å². The summed E-state index contributed by atoms with van der Waals surface area (Å²) in [7, 11) is 0. The van der Waals surface area contributed by atoms with Crippen LogP contribution in [-0.4, -0.2) is 11.8 Å². The Morgan fingerprint density at radius 3 is 2.53 bits per heavy atom. The minimum atomic E-state index is 0.278. The summed E-state index contributed by atoms with van der Waals surface area (Å²) in [6.07, 6.45) is 0. The maximum atomic E-state index is 9.03. The molecule has 0 spiro atoms. The molecule has 0 aliphatic carbocycles. The third-order valence-electron chi connectivity index (χ3n) is 2.83. The minimum absolute atomic E-state index is 0.278. The first kappa shape index (κ1) is 13.4. The lowest BCUT2D eigenvalue weighted by atomic mass is 10.2. The van der Waals surface area contributed by atoms with Crippen molar-refractivity contribution in [1.29, 1.82) is 0 Å². The summed E-state index contributed by atoms with van der Waals surface area (Å²) < 4.78 is 5.31. The van der Waals surface area contributed by atoms with Crippen LogP contribution in [0.5, 0.6) is 11.5 Å². The van der Waals surface area contributed by atoms with Crippen LogP contribution in [0.3, 0.4) is 0 Å². The van der Waals surface area contributed by atoms with E-state index in [0.717, 1.165) is 17.9 Å². The highest BCUT2D eigenvalue weighted by Crippen LogP contribution is 2.19. The zero-order chi connectivity index (χ0) is 13.5. The van der Waals surface area contributed by atoms with Crippen molar-refractivity contribution in [2.75, 3.05) is 6.73 Å². The van der Waals surface area contributed by atoms with Crippen molar-refractivity contribution < 1.29 is 9.84 Å². The van der Waals surface area contributed by atoms with Gasteiger partial charge in [0.1, 0.15) is 18.2 Å². The van der Waals surface area contributed by atoms with Crippen LogP contribution in [0.15, 0.2) is 48.5 Å². The summed E-state index contributed by atoms with van der Waals surface area (Å²) in [5.41, 5.74) is 7.32. The van der Waals surface area contributed by atoms with Gasteiger partial charge in [-0.3, -0.25) is 5.32 Å². The van der Waals surface area contributed by atoms with Gasteiger partial charge < -0.3 is 15.6 Å². The van der Waals surface area contributed by atoms with Gasteiger partial charge in [-0.2, -0.15) is 0 Å². The first-order chi connectivity index (χ1) is 9.31. The number of ether oxygens (including phenoxy) is 1. The van der Waals surface area contributed by atoms with E-state index in [4.69, 9.17) is 15.6 Å². The van der Waals surface area contributed by atoms with Gasteiger partial charge in [0.25, 0.3) is 0 Å². The highest BCUT2D eigenvalue weighted by Gasteiger charge is 2.05. The van der Waals surface area contributed by atoms with Gasteiger partial charge in [0.2, 0.25) is 0 Å². The van der Waals surface area contributed by atoms with Gasteiger partial charge in [-0.25, -0.2) is 0 Å². The second kappa shape index (κ2) is 6.78. The number of para-hydroxylation sites is 2. The van der Waals surface area contributed by atoms with Gasteiger partial charge in [-0.1, -0.05) is 36.4 Å². The third kappa shape index (κ3) is 3.71. The van der Waals surface area contributed by atoms with Crippen LogP contribution in [0.25, 0.3) is 0 Å². The van der Waals surface area contributed by atoms with Crippen LogP contribution in [0.1, 0.15) is 11.1 Å². The Morgan fingerprint density at radius 2 is 1.84 bits per heavy atom. The number of hydrogen-bond acceptors (Lipinski definition) is 4. The number of nitrogens with two attached hydrogens (primary N) is 1. The molecular formula is C15H18N2O2. The second-order valence-corrected chi connectivity index (χ2v) is 4.16. The molecule has 4 N–H and O–H groups in total. The molecule has 2 aromatic carbocycles. The zero-order valence-corrected chi connectivity index (χ0v) is 10.7. The Bertz CT molecular complexity index is 504. The predicted molar refractivity (Wildman–Crippen MR) is 74.8 cm³/mol. The van der Waals surface area contributed by atoms with E-state index >= 15 is 0 Å². The molecule has 0 amide bonds. The molecule has 100 valence electrons. The van der Waals surface area contributed by atoms with Crippen LogP contribution >= 0.6 is 0 Å². The molecule has 3 rings (SSSR count). The van der Waals surface area contributed by atoms with Gasteiger partial charge in [0, 0.05) is 24.2 Å². The van der Waals surface area contributed by atoms with Crippen molar-refractivity contribution in [2.24, 2.45) is 5.73 Å². The van der Waals surface area contributed by atoms with Crippen LogP contribution < -0.4 is 15.8 Å². The molecule has 1 heterocycles. The normalized spacial score (nSPS) is 12.7. The summed E-state index contributed by atoms with van der Waals surface area (Å²) in [6.45, 7) is 1.96. The molecule has 4 heteroatoms. The summed E-state index contributed by atoms with van der Waals surface area (Å²) >= 11 is 0. The smallest absolute Gasteiger partial charge is 0.139 e. The summed E-state index contributed by atoms with van der Waals surface area (Å²) in [5.74, 6) is 1.29. The maximum Gasteiger partial charge on any atom is 0.139 e. The third-order valence-corrected chi connectivity index (χ3v) is 2.83. The van der Waals surface area contributed by atoms with E-state index in [1.54, 1.807) is 18.2 Å². The molecule has 0 atom stereocenters. The van der Waals surface area contributed by atoms with E-state index in [0.29, 0.717) is 13.3 Å². The Morgan fingerprint density at radius 1 is 1.11 bits per heavy atom. The SMILES string of the molecule is NCc1ccccc1O.c1ccc2c(c1)CNCO2. The molecule has 0 aromatic heterocycles. The lowest BCUT2D eigenvalue weighted by Gasteiger charge is -2.17. The summed E-state index contributed by atoms with van der Waals surface area (Å²) in [5, 5.41) is 12.1. The van der Waals surface area contributed by atoms with E-state index in [2.05, 4.69) is 11.4 Å². The van der Waals surface area contributed by atoms with Crippen molar-refractivity contribution in [3.8, 4) is 11.5 Å². The maximum absolute atomic E-state index is 9.03. The molecule has 0 saturated heterocycles. The molecule has 0 bridgehead atoms. The molecule has 0 radical (unpaired) electrons. The van der Waals surface area contributed by atoms with E-state index in [9.17, 15) is 0 Å². The Labute approximate surface area is 112 Å². The van der Waals surface area contributed by atoms with E-state index in [1.165, 1.54) is 5.56 Å². The molecule has 0 fully saturated rings. The topological polar surface area (TPSA) is 67.5 Å². The van der Waals surface area contributed by atoms with Gasteiger partial charge in [-0.05, 0) is 12.1 Å². The van der Waals surface area contributed by atoms with Gasteiger partial charge >= 0.3 is 0 Å². The van der Waals surface area contributed by atoms with Crippen LogP contribution in [0, 0.1) is 0 Å². The standard InChI is InChI=1S/C8H9NO.C7H9NO/c1-2-4-8-7(3-1)5-9-6-10-8;8-5-6-3-1-2-4-7(6)9/h1-4,9H,5-6H2;1-4,9H,5,8H2. The molecule has 2 aromatic rings. The Balaban J connectivity index is 0.000000141. The minimum Gasteiger partial charge on any atom is -0.508 e. The number of nitrogens with one attached hydrogen (secondary N) is 1. The molecule has 1 aliphatic rings. The molecular weight excluding hydrogens is 240 g/mol. The average molecular weight is 258 g/mol. The van der Waals surface area contributed by atoms with Crippen molar-refractivity contribution >= 4 is 0 Å². The predicted octanol–water partition coefficient (Wildman–Crippen LogP) is 1.98. The number of phenols is 1. The zero-order valence-electron chi connectivity index (χ0n) is 10.7. The van der Waals surface area contributed by atoms with E-state index in [-0.39, 0.29) is 5.75 Å². The molecule has 19 heavy (non-hydrogen) atoms. The Kier molecular flexibility index (Phi) is 4.78. The number of aromatic hydroxyl groups is 1.